The van der Waals surface area contributed by atoms with Crippen molar-refractivity contribution in [2.45, 2.75) is 44.9 Å². The van der Waals surface area contributed by atoms with Gasteiger partial charge in [0.1, 0.15) is 6.10 Å². The SMILES string of the molecule is O=C(NCc1ccnc(OC2CCCC2)c1)NCc1ccccn1. The second-order valence-electron chi connectivity index (χ2n) is 5.88. The van der Waals surface area contributed by atoms with E-state index in [1.807, 2.05) is 30.3 Å². The zero-order valence-electron chi connectivity index (χ0n) is 13.6. The van der Waals surface area contributed by atoms with Crippen LogP contribution in [-0.4, -0.2) is 22.1 Å². The van der Waals surface area contributed by atoms with Gasteiger partial charge in [-0.2, -0.15) is 0 Å². The van der Waals surface area contributed by atoms with E-state index < -0.39 is 0 Å². The molecule has 1 aliphatic rings. The van der Waals surface area contributed by atoms with Crippen molar-refractivity contribution in [3.8, 4) is 5.88 Å². The number of carbonyl (C=O) groups is 1. The summed E-state index contributed by atoms with van der Waals surface area (Å²) in [5, 5.41) is 5.61. The van der Waals surface area contributed by atoms with Gasteiger partial charge in [-0.25, -0.2) is 9.78 Å². The van der Waals surface area contributed by atoms with Crippen molar-refractivity contribution in [1.82, 2.24) is 20.6 Å². The van der Waals surface area contributed by atoms with Gasteiger partial charge in [0.25, 0.3) is 0 Å². The Morgan fingerprint density at radius 1 is 1.08 bits per heavy atom. The molecule has 126 valence electrons. The first-order valence-electron chi connectivity index (χ1n) is 8.33. The first kappa shape index (κ1) is 16.2. The maximum Gasteiger partial charge on any atom is 0.315 e. The molecule has 6 nitrogen and oxygen atoms in total. The summed E-state index contributed by atoms with van der Waals surface area (Å²) in [5.41, 5.74) is 1.79. The summed E-state index contributed by atoms with van der Waals surface area (Å²) in [6.45, 7) is 0.830. The molecule has 0 saturated heterocycles. The third-order valence-corrected chi connectivity index (χ3v) is 4.00. The number of hydrogen-bond donors (Lipinski definition) is 2. The van der Waals surface area contributed by atoms with Crippen LogP contribution in [-0.2, 0) is 13.1 Å². The van der Waals surface area contributed by atoms with Gasteiger partial charge >= 0.3 is 6.03 Å². The highest BCUT2D eigenvalue weighted by atomic mass is 16.5. The van der Waals surface area contributed by atoms with Gasteiger partial charge in [0.05, 0.1) is 12.2 Å². The Balaban J connectivity index is 1.44. The maximum absolute atomic E-state index is 11.9. The minimum absolute atomic E-state index is 0.226. The number of rotatable bonds is 6. The first-order chi connectivity index (χ1) is 11.8. The van der Waals surface area contributed by atoms with E-state index in [-0.39, 0.29) is 12.1 Å². The fraction of sp³-hybridized carbons (Fsp3) is 0.389. The van der Waals surface area contributed by atoms with Gasteiger partial charge in [-0.3, -0.25) is 4.98 Å². The van der Waals surface area contributed by atoms with E-state index in [4.69, 9.17) is 4.74 Å². The molecule has 1 fully saturated rings. The van der Waals surface area contributed by atoms with Crippen molar-refractivity contribution in [3.63, 3.8) is 0 Å². The van der Waals surface area contributed by atoms with Crippen molar-refractivity contribution >= 4 is 6.03 Å². The predicted octanol–water partition coefficient (Wildman–Crippen LogP) is 2.80. The van der Waals surface area contributed by atoms with Crippen molar-refractivity contribution in [2.24, 2.45) is 0 Å². The molecule has 0 aliphatic heterocycles. The largest absolute Gasteiger partial charge is 0.474 e. The molecule has 2 aromatic rings. The van der Waals surface area contributed by atoms with E-state index in [0.29, 0.717) is 19.0 Å². The molecule has 2 heterocycles. The van der Waals surface area contributed by atoms with Gasteiger partial charge in [0, 0.05) is 25.0 Å². The number of ether oxygens (including phenoxy) is 1. The summed E-state index contributed by atoms with van der Waals surface area (Å²) >= 11 is 0. The van der Waals surface area contributed by atoms with Gasteiger partial charge in [0.2, 0.25) is 5.88 Å². The molecule has 0 radical (unpaired) electrons. The third-order valence-electron chi connectivity index (χ3n) is 4.00. The van der Waals surface area contributed by atoms with Crippen LogP contribution in [0.1, 0.15) is 36.9 Å². The number of hydrogen-bond acceptors (Lipinski definition) is 4. The number of amides is 2. The number of pyridine rings is 2. The van der Waals surface area contributed by atoms with Gasteiger partial charge in [-0.1, -0.05) is 6.07 Å². The molecule has 0 bridgehead atoms. The van der Waals surface area contributed by atoms with Crippen LogP contribution in [0.4, 0.5) is 4.79 Å². The first-order valence-corrected chi connectivity index (χ1v) is 8.33. The highest BCUT2D eigenvalue weighted by molar-refractivity contribution is 5.73. The van der Waals surface area contributed by atoms with Crippen LogP contribution in [0.5, 0.6) is 5.88 Å². The average Bonchev–Trinajstić information content (AvgIpc) is 3.12. The van der Waals surface area contributed by atoms with E-state index in [1.54, 1.807) is 12.4 Å². The lowest BCUT2D eigenvalue weighted by Gasteiger charge is -2.13. The van der Waals surface area contributed by atoms with Crippen LogP contribution in [0.3, 0.4) is 0 Å². The van der Waals surface area contributed by atoms with Gasteiger partial charge in [-0.05, 0) is 49.4 Å². The molecule has 0 atom stereocenters. The Morgan fingerprint density at radius 3 is 2.71 bits per heavy atom. The highest BCUT2D eigenvalue weighted by Crippen LogP contribution is 2.23. The smallest absolute Gasteiger partial charge is 0.315 e. The number of aromatic nitrogens is 2. The Hall–Kier alpha value is -2.63. The van der Waals surface area contributed by atoms with Crippen LogP contribution in [0.15, 0.2) is 42.7 Å². The van der Waals surface area contributed by atoms with E-state index in [0.717, 1.165) is 24.1 Å². The molecule has 2 aromatic heterocycles. The van der Waals surface area contributed by atoms with Crippen LogP contribution >= 0.6 is 0 Å². The second-order valence-corrected chi connectivity index (χ2v) is 5.88. The number of nitrogens with one attached hydrogen (secondary N) is 2. The fourth-order valence-corrected chi connectivity index (χ4v) is 2.72. The molecule has 2 amide bonds. The molecule has 6 heteroatoms. The van der Waals surface area contributed by atoms with Crippen molar-refractivity contribution in [3.05, 3.63) is 54.0 Å². The Kier molecular flexibility index (Phi) is 5.61. The standard InChI is InChI=1S/C18H22N4O2/c23-18(22-13-15-5-3-4-9-19-15)21-12-14-8-10-20-17(11-14)24-16-6-1-2-7-16/h3-5,8-11,16H,1-2,6-7,12-13H2,(H2,21,22,23). The Bertz CT molecular complexity index is 657. The van der Waals surface area contributed by atoms with Crippen LogP contribution in [0, 0.1) is 0 Å². The van der Waals surface area contributed by atoms with Gasteiger partial charge in [-0.15, -0.1) is 0 Å². The van der Waals surface area contributed by atoms with Crippen molar-refractivity contribution in [2.75, 3.05) is 0 Å². The van der Waals surface area contributed by atoms with E-state index in [2.05, 4.69) is 20.6 Å². The summed E-state index contributed by atoms with van der Waals surface area (Å²) in [6.07, 6.45) is 8.35. The molecule has 1 aliphatic carbocycles. The molecule has 0 spiro atoms. The number of urea groups is 1. The van der Waals surface area contributed by atoms with E-state index in [1.165, 1.54) is 12.8 Å². The minimum Gasteiger partial charge on any atom is -0.474 e. The number of nitrogens with zero attached hydrogens (tertiary/aromatic N) is 2. The zero-order chi connectivity index (χ0) is 16.6. The molecule has 24 heavy (non-hydrogen) atoms. The lowest BCUT2D eigenvalue weighted by molar-refractivity contribution is 0.201. The van der Waals surface area contributed by atoms with E-state index in [9.17, 15) is 4.79 Å². The highest BCUT2D eigenvalue weighted by Gasteiger charge is 2.17. The summed E-state index contributed by atoms with van der Waals surface area (Å²) in [5.74, 6) is 0.634. The predicted molar refractivity (Wildman–Crippen MR) is 90.4 cm³/mol. The lowest BCUT2D eigenvalue weighted by atomic mass is 10.2. The molecule has 0 unspecified atom stereocenters. The molecular weight excluding hydrogens is 304 g/mol. The summed E-state index contributed by atoms with van der Waals surface area (Å²) in [6, 6.07) is 9.15. The van der Waals surface area contributed by atoms with Crippen molar-refractivity contribution in [1.29, 1.82) is 0 Å². The summed E-state index contributed by atoms with van der Waals surface area (Å²) in [4.78, 5) is 20.3. The quantitative estimate of drug-likeness (QED) is 0.856. The van der Waals surface area contributed by atoms with Gasteiger partial charge in [0.15, 0.2) is 0 Å². The third kappa shape index (κ3) is 4.94. The summed E-state index contributed by atoms with van der Waals surface area (Å²) < 4.78 is 5.88. The molecule has 3 rings (SSSR count). The van der Waals surface area contributed by atoms with Crippen LogP contribution < -0.4 is 15.4 Å². The number of carbonyl (C=O) groups excluding carboxylic acids is 1. The maximum atomic E-state index is 11.9. The molecule has 0 aromatic carbocycles. The lowest BCUT2D eigenvalue weighted by Crippen LogP contribution is -2.34. The monoisotopic (exact) mass is 326 g/mol. The minimum atomic E-state index is -0.226. The summed E-state index contributed by atoms with van der Waals surface area (Å²) in [7, 11) is 0. The topological polar surface area (TPSA) is 76.1 Å². The fourth-order valence-electron chi connectivity index (χ4n) is 2.72. The van der Waals surface area contributed by atoms with Crippen molar-refractivity contribution < 1.29 is 9.53 Å². The molecular formula is C18H22N4O2. The Labute approximate surface area is 141 Å². The van der Waals surface area contributed by atoms with E-state index >= 15 is 0 Å². The van der Waals surface area contributed by atoms with Crippen LogP contribution in [0.25, 0.3) is 0 Å². The molecule has 1 saturated carbocycles. The second kappa shape index (κ2) is 8.29. The zero-order valence-corrected chi connectivity index (χ0v) is 13.6. The Morgan fingerprint density at radius 2 is 1.92 bits per heavy atom. The normalized spacial score (nSPS) is 14.3. The van der Waals surface area contributed by atoms with Gasteiger partial charge < -0.3 is 15.4 Å². The molecule has 2 N–H and O–H groups in total. The average molecular weight is 326 g/mol. The van der Waals surface area contributed by atoms with Crippen LogP contribution in [0.2, 0.25) is 0 Å².